The summed E-state index contributed by atoms with van der Waals surface area (Å²) in [4.78, 5) is 12.3. The van der Waals surface area contributed by atoms with Crippen LogP contribution in [-0.4, -0.2) is 41.8 Å². The number of aryl methyl sites for hydroxylation is 1. The molecule has 4 aromatic rings. The molecule has 1 aliphatic heterocycles. The summed E-state index contributed by atoms with van der Waals surface area (Å²) in [5, 5.41) is 5.37. The van der Waals surface area contributed by atoms with Gasteiger partial charge in [0.2, 0.25) is 0 Å². The molecule has 32 heavy (non-hydrogen) atoms. The fourth-order valence-corrected chi connectivity index (χ4v) is 4.27. The Hall–Kier alpha value is -3.32. The van der Waals surface area contributed by atoms with Crippen molar-refractivity contribution in [3.63, 3.8) is 0 Å². The van der Waals surface area contributed by atoms with E-state index in [1.54, 1.807) is 13.3 Å². The van der Waals surface area contributed by atoms with Gasteiger partial charge in [-0.2, -0.15) is 4.98 Å². The molecule has 5 rings (SSSR count). The summed E-state index contributed by atoms with van der Waals surface area (Å²) in [5.41, 5.74) is 2.94. The summed E-state index contributed by atoms with van der Waals surface area (Å²) in [6.07, 6.45) is 5.21. The molecule has 3 heterocycles. The first kappa shape index (κ1) is 20.6. The Morgan fingerprint density at radius 1 is 1.03 bits per heavy atom. The predicted octanol–water partition coefficient (Wildman–Crippen LogP) is 4.99. The largest absolute Gasteiger partial charge is 0.493 e. The number of hydrogen-bond acceptors (Lipinski definition) is 6. The molecule has 166 valence electrons. The predicted molar refractivity (Wildman–Crippen MR) is 125 cm³/mol. The minimum absolute atomic E-state index is 0.301. The summed E-state index contributed by atoms with van der Waals surface area (Å²) in [6, 6.07) is 12.1. The lowest BCUT2D eigenvalue weighted by Crippen LogP contribution is -2.28. The second kappa shape index (κ2) is 9.04. The number of fused-ring (bicyclic) bond motifs is 2. The Bertz CT molecular complexity index is 1230. The van der Waals surface area contributed by atoms with Crippen molar-refractivity contribution in [2.24, 2.45) is 5.92 Å². The Kier molecular flexibility index (Phi) is 5.81. The number of ether oxygens (including phenoxy) is 3. The zero-order chi connectivity index (χ0) is 21.9. The molecule has 1 saturated heterocycles. The number of piperidine rings is 1. The highest BCUT2D eigenvalue weighted by Gasteiger charge is 2.15. The van der Waals surface area contributed by atoms with E-state index in [4.69, 9.17) is 14.2 Å². The minimum Gasteiger partial charge on any atom is -0.493 e. The number of nitrogens with one attached hydrogen (secondary N) is 2. The molecule has 0 atom stereocenters. The van der Waals surface area contributed by atoms with Gasteiger partial charge in [-0.05, 0) is 75.5 Å². The Morgan fingerprint density at radius 3 is 2.75 bits per heavy atom. The van der Waals surface area contributed by atoms with E-state index in [1.165, 1.54) is 12.8 Å². The number of hydrogen-bond donors (Lipinski definition) is 2. The highest BCUT2D eigenvalue weighted by Crippen LogP contribution is 2.33. The normalized spacial score (nSPS) is 14.7. The van der Waals surface area contributed by atoms with Crippen molar-refractivity contribution in [2.75, 3.05) is 26.8 Å². The van der Waals surface area contributed by atoms with Crippen LogP contribution in [0.25, 0.3) is 21.8 Å². The number of methoxy groups -OCH3 is 1. The lowest BCUT2D eigenvalue weighted by Gasteiger charge is -2.22. The van der Waals surface area contributed by atoms with Crippen LogP contribution >= 0.6 is 0 Å². The maximum absolute atomic E-state index is 6.10. The molecule has 0 spiro atoms. The van der Waals surface area contributed by atoms with E-state index in [2.05, 4.69) is 26.3 Å². The van der Waals surface area contributed by atoms with Crippen molar-refractivity contribution in [3.05, 3.63) is 48.3 Å². The average molecular weight is 433 g/mol. The molecule has 7 nitrogen and oxygen atoms in total. The number of aromatic amines is 1. The molecule has 0 bridgehead atoms. The van der Waals surface area contributed by atoms with Crippen LogP contribution in [0.3, 0.4) is 0 Å². The Morgan fingerprint density at radius 2 is 1.91 bits per heavy atom. The quantitative estimate of drug-likeness (QED) is 0.428. The van der Waals surface area contributed by atoms with Crippen LogP contribution in [0, 0.1) is 12.8 Å². The molecule has 7 heteroatoms. The van der Waals surface area contributed by atoms with Crippen molar-refractivity contribution < 1.29 is 14.2 Å². The van der Waals surface area contributed by atoms with Gasteiger partial charge in [0.15, 0.2) is 11.5 Å². The van der Waals surface area contributed by atoms with Crippen molar-refractivity contribution in [2.45, 2.75) is 26.2 Å². The van der Waals surface area contributed by atoms with Crippen molar-refractivity contribution in [1.29, 1.82) is 0 Å². The standard InChI is InChI=1S/C25H28N4O3/c1-16-11-18-12-20(3-4-21(18)28-16)32-25-27-15-19-13-23(30-2)24(14-22(19)29-25)31-10-7-17-5-8-26-9-6-17/h3-4,11-15,17,26,28H,5-10H2,1-2H3. The fraction of sp³-hybridized carbons (Fsp3) is 0.360. The van der Waals surface area contributed by atoms with Crippen LogP contribution in [0.4, 0.5) is 0 Å². The van der Waals surface area contributed by atoms with Gasteiger partial charge in [-0.25, -0.2) is 4.98 Å². The highest BCUT2D eigenvalue weighted by atomic mass is 16.5. The zero-order valence-corrected chi connectivity index (χ0v) is 18.5. The average Bonchev–Trinajstić information content (AvgIpc) is 3.18. The summed E-state index contributed by atoms with van der Waals surface area (Å²) < 4.78 is 17.6. The molecule has 0 radical (unpaired) electrons. The lowest BCUT2D eigenvalue weighted by atomic mass is 9.95. The maximum atomic E-state index is 6.10. The fourth-order valence-electron chi connectivity index (χ4n) is 4.27. The van der Waals surface area contributed by atoms with E-state index < -0.39 is 0 Å². The molecule has 2 N–H and O–H groups in total. The summed E-state index contributed by atoms with van der Waals surface area (Å²) >= 11 is 0. The van der Waals surface area contributed by atoms with Crippen LogP contribution in [0.15, 0.2) is 42.6 Å². The molecule has 0 saturated carbocycles. The number of H-pyrrole nitrogens is 1. The molecule has 0 amide bonds. The lowest BCUT2D eigenvalue weighted by molar-refractivity contribution is 0.243. The first-order chi connectivity index (χ1) is 15.7. The van der Waals surface area contributed by atoms with Crippen LogP contribution in [0.5, 0.6) is 23.3 Å². The van der Waals surface area contributed by atoms with Crippen LogP contribution < -0.4 is 19.5 Å². The molecule has 0 aliphatic carbocycles. The van der Waals surface area contributed by atoms with Gasteiger partial charge in [0, 0.05) is 34.2 Å². The topological polar surface area (TPSA) is 81.3 Å². The number of nitrogens with zero attached hydrogens (tertiary/aromatic N) is 2. The summed E-state index contributed by atoms with van der Waals surface area (Å²) in [6.45, 7) is 4.89. The first-order valence-electron chi connectivity index (χ1n) is 11.1. The number of aromatic nitrogens is 3. The molecular formula is C25H28N4O3. The van der Waals surface area contributed by atoms with Gasteiger partial charge in [0.1, 0.15) is 5.75 Å². The molecule has 1 fully saturated rings. The second-order valence-electron chi connectivity index (χ2n) is 8.35. The van der Waals surface area contributed by atoms with Gasteiger partial charge in [-0.15, -0.1) is 0 Å². The molecule has 1 aliphatic rings. The third-order valence-electron chi connectivity index (χ3n) is 6.02. The van der Waals surface area contributed by atoms with E-state index in [1.807, 2.05) is 37.3 Å². The van der Waals surface area contributed by atoms with Gasteiger partial charge in [0.25, 0.3) is 0 Å². The van der Waals surface area contributed by atoms with Gasteiger partial charge in [-0.1, -0.05) is 0 Å². The molecule has 2 aromatic carbocycles. The molecule has 0 unspecified atom stereocenters. The second-order valence-corrected chi connectivity index (χ2v) is 8.35. The molecule has 2 aromatic heterocycles. The minimum atomic E-state index is 0.301. The maximum Gasteiger partial charge on any atom is 0.322 e. The van der Waals surface area contributed by atoms with Gasteiger partial charge in [0.05, 0.1) is 19.2 Å². The number of rotatable bonds is 7. The van der Waals surface area contributed by atoms with Gasteiger partial charge < -0.3 is 24.5 Å². The zero-order valence-electron chi connectivity index (χ0n) is 18.5. The van der Waals surface area contributed by atoms with E-state index in [0.717, 1.165) is 47.0 Å². The van der Waals surface area contributed by atoms with E-state index in [0.29, 0.717) is 35.8 Å². The third kappa shape index (κ3) is 4.48. The Labute approximate surface area is 187 Å². The van der Waals surface area contributed by atoms with Gasteiger partial charge >= 0.3 is 6.01 Å². The van der Waals surface area contributed by atoms with Crippen LogP contribution in [0.1, 0.15) is 25.0 Å². The van der Waals surface area contributed by atoms with E-state index in [-0.39, 0.29) is 0 Å². The van der Waals surface area contributed by atoms with Crippen molar-refractivity contribution >= 4 is 21.8 Å². The van der Waals surface area contributed by atoms with E-state index >= 15 is 0 Å². The summed E-state index contributed by atoms with van der Waals surface area (Å²) in [7, 11) is 1.65. The SMILES string of the molecule is COc1cc2cnc(Oc3ccc4[nH]c(C)cc4c3)nc2cc1OCCC1CCNCC1. The van der Waals surface area contributed by atoms with Crippen LogP contribution in [0.2, 0.25) is 0 Å². The monoisotopic (exact) mass is 432 g/mol. The van der Waals surface area contributed by atoms with Gasteiger partial charge in [-0.3, -0.25) is 0 Å². The van der Waals surface area contributed by atoms with E-state index in [9.17, 15) is 0 Å². The highest BCUT2D eigenvalue weighted by molar-refractivity contribution is 5.83. The van der Waals surface area contributed by atoms with Crippen molar-refractivity contribution in [1.82, 2.24) is 20.3 Å². The third-order valence-corrected chi connectivity index (χ3v) is 6.02. The van der Waals surface area contributed by atoms with Crippen molar-refractivity contribution in [3.8, 4) is 23.3 Å². The summed E-state index contributed by atoms with van der Waals surface area (Å²) in [5.74, 6) is 2.80. The first-order valence-corrected chi connectivity index (χ1v) is 11.1. The number of benzene rings is 2. The smallest absolute Gasteiger partial charge is 0.322 e. The molecular weight excluding hydrogens is 404 g/mol. The van der Waals surface area contributed by atoms with Crippen LogP contribution in [-0.2, 0) is 0 Å². The Balaban J connectivity index is 1.34.